The number of carbonyl (C=O) groups excluding carboxylic acids is 2. The molecule has 3 N–H and O–H groups in total. The number of nitrogens with one attached hydrogen (secondary N) is 2. The normalized spacial score (nSPS) is 13.6. The molecule has 2 heterocycles. The Hall–Kier alpha value is -4.68. The number of hydrogen-bond donors (Lipinski definition) is 3. The number of hydrogen-bond acceptors (Lipinski definition) is 6. The lowest BCUT2D eigenvalue weighted by molar-refractivity contribution is -0.137. The van der Waals surface area contributed by atoms with Gasteiger partial charge >= 0.3 is 6.18 Å². The smallest absolute Gasteiger partial charge is 0.396 e. The minimum absolute atomic E-state index is 0.00317. The molecule has 0 atom stereocenters. The number of benzene rings is 3. The van der Waals surface area contributed by atoms with Crippen molar-refractivity contribution in [2.75, 3.05) is 29.9 Å². The number of carbonyl (C=O) groups is 2. The van der Waals surface area contributed by atoms with E-state index in [2.05, 4.69) is 25.7 Å². The van der Waals surface area contributed by atoms with Crippen LogP contribution in [0.3, 0.4) is 0 Å². The fourth-order valence-electron chi connectivity index (χ4n) is 5.20. The number of nitrogens with zero attached hydrogens (tertiary/aromatic N) is 4. The van der Waals surface area contributed by atoms with Gasteiger partial charge in [0.15, 0.2) is 0 Å². The van der Waals surface area contributed by atoms with Crippen LogP contribution in [0.5, 0.6) is 0 Å². The van der Waals surface area contributed by atoms with Gasteiger partial charge in [-0.15, -0.1) is 0 Å². The number of imidazole rings is 1. The lowest BCUT2D eigenvalue weighted by Gasteiger charge is -2.29. The number of alkyl halides is 3. The van der Waals surface area contributed by atoms with Crippen LogP contribution < -0.4 is 15.6 Å². The van der Waals surface area contributed by atoms with Gasteiger partial charge in [-0.25, -0.2) is 10.4 Å². The molecule has 0 spiro atoms. The topological polar surface area (TPSA) is 112 Å². The molecule has 3 aromatic carbocycles. The molecule has 0 aliphatic carbocycles. The van der Waals surface area contributed by atoms with Gasteiger partial charge in [0, 0.05) is 50.1 Å². The Labute approximate surface area is 268 Å². The molecule has 2 amide bonds. The van der Waals surface area contributed by atoms with Crippen molar-refractivity contribution in [3.8, 4) is 0 Å². The molecule has 5 rings (SSSR count). The summed E-state index contributed by atoms with van der Waals surface area (Å²) in [4.78, 5) is 33.2. The zero-order valence-corrected chi connectivity index (χ0v) is 25.5. The minimum Gasteiger partial charge on any atom is -0.396 e. The molecule has 1 fully saturated rings. The molecule has 240 valence electrons. The number of anilines is 2. The Morgan fingerprint density at radius 3 is 2.59 bits per heavy atom. The zero-order chi connectivity index (χ0) is 32.7. The number of aliphatic hydroxyl groups excluding tert-OH is 1. The van der Waals surface area contributed by atoms with E-state index in [1.165, 1.54) is 6.07 Å². The zero-order valence-electron chi connectivity index (χ0n) is 24.7. The van der Waals surface area contributed by atoms with Crippen LogP contribution in [0.2, 0.25) is 5.02 Å². The largest absolute Gasteiger partial charge is 0.417 e. The third-order valence-corrected chi connectivity index (χ3v) is 7.83. The number of hydrazone groups is 1. The standard InChI is InChI=1S/C33H32ClF3N6O3/c34-29-9-7-22(16-28(29)33(35,36)37)18-39-41-32(46)27-17-26(43-12-2-1-3-13-43)8-10-30(27)40-31(45)24-6-4-5-23(15-24)19-42-20-25(11-14-44)38-21-42/h4-10,15-18,20-21,44H,1-3,11-14,19H2,(H,40,45)(H,41,46)/b39-18+. The molecule has 1 saturated heterocycles. The number of amides is 2. The number of aromatic nitrogens is 2. The Morgan fingerprint density at radius 2 is 1.83 bits per heavy atom. The van der Waals surface area contributed by atoms with E-state index in [1.807, 2.05) is 22.9 Å². The molecule has 1 aliphatic heterocycles. The van der Waals surface area contributed by atoms with E-state index >= 15 is 0 Å². The summed E-state index contributed by atoms with van der Waals surface area (Å²) in [6.45, 7) is 2.12. The second-order valence-corrected chi connectivity index (χ2v) is 11.3. The van der Waals surface area contributed by atoms with Crippen LogP contribution in [0.15, 0.2) is 78.3 Å². The third-order valence-electron chi connectivity index (χ3n) is 7.50. The lowest BCUT2D eigenvalue weighted by Crippen LogP contribution is -2.30. The highest BCUT2D eigenvalue weighted by atomic mass is 35.5. The fourth-order valence-corrected chi connectivity index (χ4v) is 5.42. The maximum atomic E-state index is 13.4. The summed E-state index contributed by atoms with van der Waals surface area (Å²) >= 11 is 5.70. The average Bonchev–Trinajstić information content (AvgIpc) is 3.48. The maximum absolute atomic E-state index is 13.4. The van der Waals surface area contributed by atoms with Crippen LogP contribution in [0.25, 0.3) is 0 Å². The average molecular weight is 653 g/mol. The van der Waals surface area contributed by atoms with E-state index in [0.29, 0.717) is 18.5 Å². The highest BCUT2D eigenvalue weighted by Crippen LogP contribution is 2.35. The quantitative estimate of drug-likeness (QED) is 0.141. The Bertz CT molecular complexity index is 1730. The number of halogens is 4. The van der Waals surface area contributed by atoms with Gasteiger partial charge in [0.25, 0.3) is 11.8 Å². The van der Waals surface area contributed by atoms with Crippen molar-refractivity contribution >= 4 is 41.0 Å². The molecule has 13 heteroatoms. The molecule has 4 aromatic rings. The summed E-state index contributed by atoms with van der Waals surface area (Å²) in [7, 11) is 0. The second kappa shape index (κ2) is 14.6. The van der Waals surface area contributed by atoms with Crippen LogP contribution in [0.1, 0.15) is 62.4 Å². The van der Waals surface area contributed by atoms with E-state index in [4.69, 9.17) is 16.7 Å². The van der Waals surface area contributed by atoms with Gasteiger partial charge in [-0.2, -0.15) is 18.3 Å². The summed E-state index contributed by atoms with van der Waals surface area (Å²) in [6.07, 6.45) is 3.56. The summed E-state index contributed by atoms with van der Waals surface area (Å²) in [6, 6.07) is 15.5. The van der Waals surface area contributed by atoms with Crippen molar-refractivity contribution in [3.63, 3.8) is 0 Å². The van der Waals surface area contributed by atoms with E-state index in [9.17, 15) is 22.8 Å². The van der Waals surface area contributed by atoms with Crippen molar-refractivity contribution < 1.29 is 27.9 Å². The lowest BCUT2D eigenvalue weighted by atomic mass is 10.1. The van der Waals surface area contributed by atoms with E-state index in [-0.39, 0.29) is 23.4 Å². The highest BCUT2D eigenvalue weighted by Gasteiger charge is 2.33. The summed E-state index contributed by atoms with van der Waals surface area (Å²) in [5, 5.41) is 15.4. The fraction of sp³-hybridized carbons (Fsp3) is 0.273. The molecule has 0 bridgehead atoms. The summed E-state index contributed by atoms with van der Waals surface area (Å²) in [5.41, 5.74) is 4.64. The van der Waals surface area contributed by atoms with Crippen molar-refractivity contribution in [2.45, 2.75) is 38.4 Å². The van der Waals surface area contributed by atoms with E-state index in [1.54, 1.807) is 36.7 Å². The molecular formula is C33H32ClF3N6O3. The van der Waals surface area contributed by atoms with Crippen molar-refractivity contribution in [2.24, 2.45) is 5.10 Å². The van der Waals surface area contributed by atoms with Gasteiger partial charge in [0.2, 0.25) is 0 Å². The van der Waals surface area contributed by atoms with Gasteiger partial charge in [0.1, 0.15) is 0 Å². The maximum Gasteiger partial charge on any atom is 0.417 e. The Morgan fingerprint density at radius 1 is 1.02 bits per heavy atom. The van der Waals surface area contributed by atoms with Crippen LogP contribution >= 0.6 is 11.6 Å². The molecule has 9 nitrogen and oxygen atoms in total. The first kappa shape index (κ1) is 32.7. The van der Waals surface area contributed by atoms with Crippen LogP contribution in [0.4, 0.5) is 24.5 Å². The van der Waals surface area contributed by atoms with Crippen molar-refractivity contribution in [1.29, 1.82) is 0 Å². The molecular weight excluding hydrogens is 621 g/mol. The first-order valence-electron chi connectivity index (χ1n) is 14.7. The Balaban J connectivity index is 1.35. The predicted molar refractivity (Wildman–Crippen MR) is 171 cm³/mol. The van der Waals surface area contributed by atoms with Crippen molar-refractivity contribution in [3.05, 3.63) is 112 Å². The highest BCUT2D eigenvalue weighted by molar-refractivity contribution is 6.31. The Kier molecular flexibility index (Phi) is 10.4. The number of aliphatic hydroxyl groups is 1. The van der Waals surface area contributed by atoms with Crippen LogP contribution in [-0.4, -0.2) is 52.4 Å². The summed E-state index contributed by atoms with van der Waals surface area (Å²) in [5.74, 6) is -1.08. The van der Waals surface area contributed by atoms with Gasteiger partial charge in [-0.3, -0.25) is 9.59 Å². The first-order chi connectivity index (χ1) is 22.1. The van der Waals surface area contributed by atoms with Crippen LogP contribution in [0, 0.1) is 0 Å². The van der Waals surface area contributed by atoms with Gasteiger partial charge in [0.05, 0.1) is 40.1 Å². The minimum atomic E-state index is -4.64. The van der Waals surface area contributed by atoms with E-state index in [0.717, 1.165) is 67.6 Å². The van der Waals surface area contributed by atoms with Crippen LogP contribution in [-0.2, 0) is 19.1 Å². The molecule has 0 saturated carbocycles. The third kappa shape index (κ3) is 8.32. The predicted octanol–water partition coefficient (Wildman–Crippen LogP) is 6.14. The van der Waals surface area contributed by atoms with Crippen molar-refractivity contribution in [1.82, 2.24) is 15.0 Å². The SMILES string of the molecule is O=C(Nc1ccc(N2CCCCC2)cc1C(=O)N/N=C/c1ccc(Cl)c(C(F)(F)F)c1)c1cccc(Cn2cnc(CCO)c2)c1. The molecule has 1 aliphatic rings. The second-order valence-electron chi connectivity index (χ2n) is 10.9. The molecule has 46 heavy (non-hydrogen) atoms. The number of piperidine rings is 1. The molecule has 0 unspecified atom stereocenters. The molecule has 0 radical (unpaired) electrons. The number of rotatable bonds is 10. The van der Waals surface area contributed by atoms with E-state index < -0.39 is 28.6 Å². The summed E-state index contributed by atoms with van der Waals surface area (Å²) < 4.78 is 41.6. The monoisotopic (exact) mass is 652 g/mol. The first-order valence-corrected chi connectivity index (χ1v) is 15.1. The van der Waals surface area contributed by atoms with Gasteiger partial charge in [-0.1, -0.05) is 29.8 Å². The van der Waals surface area contributed by atoms with Gasteiger partial charge in [-0.05, 0) is 72.9 Å². The van der Waals surface area contributed by atoms with Gasteiger partial charge < -0.3 is 19.9 Å². The molecule has 1 aromatic heterocycles.